The maximum atomic E-state index is 12.5. The number of esters is 2. The summed E-state index contributed by atoms with van der Waals surface area (Å²) in [6.45, 7) is 39.8. The lowest BCUT2D eigenvalue weighted by molar-refractivity contribution is -0.384. The van der Waals surface area contributed by atoms with Gasteiger partial charge >= 0.3 is 24.2 Å². The van der Waals surface area contributed by atoms with Gasteiger partial charge < -0.3 is 48.2 Å². The quantitative estimate of drug-likeness (QED) is 0.0161. The van der Waals surface area contributed by atoms with E-state index in [4.69, 9.17) is 33.5 Å². The highest BCUT2D eigenvalue weighted by Gasteiger charge is 2.21. The Kier molecular flexibility index (Phi) is 64.1. The van der Waals surface area contributed by atoms with E-state index in [9.17, 15) is 29.3 Å². The number of benzene rings is 1. The second-order valence-corrected chi connectivity index (χ2v) is 24.9. The predicted molar refractivity (Wildman–Crippen MR) is 378 cm³/mol. The van der Waals surface area contributed by atoms with Crippen LogP contribution >= 0.6 is 0 Å². The molecule has 0 fully saturated rings. The molecule has 1 aromatic carbocycles. The van der Waals surface area contributed by atoms with Crippen molar-refractivity contribution in [3.05, 3.63) is 34.4 Å². The van der Waals surface area contributed by atoms with E-state index in [1.807, 2.05) is 0 Å². The summed E-state index contributed by atoms with van der Waals surface area (Å²) in [5, 5.41) is 19.6. The summed E-state index contributed by atoms with van der Waals surface area (Å²) < 4.78 is 33.3. The van der Waals surface area contributed by atoms with Gasteiger partial charge in [0.1, 0.15) is 24.6 Å². The normalized spacial score (nSPS) is 12.6. The van der Waals surface area contributed by atoms with Crippen LogP contribution in [0.3, 0.4) is 0 Å². The standard InChI is InChI=1S/C34H68N2O5.C30H49NO7.C10H24N2O/c1-7-13-16-18-22-31(21-15-9-3)30-40-33(37)25-20-24-32(23-19-17-14-8-2)41-34(38)39-29-28-36(12-6)27-26-35(10-4)11-5;1-4-7-10-12-16-25(15-9-6-3)24-36-29(32)19-14-18-27(17-13-11-8-5-2)37-30(33)38-28-22-20-26(21-23-28)31(34)35;1-4-11(5-2)7-8-12(6-3)9-10-13/h31-32H,7-30H2,1-6H3;20-23,25,27H,4-19,24H2,1-3H3;13H,4-10H2,1-3H3. The SMILES string of the molecule is CCCCCCC(CCCC)COC(=O)CCCC(CCCCCC)OC(=O)OCCN(CC)CCN(CC)CC.CCCCCCC(CCCC)COC(=O)CCCC(CCCCCC)OC(=O)Oc1ccc([N+](=O)[O-])cc1.CCN(CC)CCN(CC)CCO. The van der Waals surface area contributed by atoms with Crippen molar-refractivity contribution >= 4 is 29.9 Å². The molecule has 4 unspecified atom stereocenters. The van der Waals surface area contributed by atoms with E-state index in [0.717, 1.165) is 155 Å². The first-order valence-corrected chi connectivity index (χ1v) is 37.4. The average Bonchev–Trinajstić information content (AvgIpc) is 2.16. The van der Waals surface area contributed by atoms with E-state index in [0.29, 0.717) is 83.1 Å². The summed E-state index contributed by atoms with van der Waals surface area (Å²) in [7, 11) is 0. The molecular weight excluding hydrogens is 1170 g/mol. The number of aliphatic hydroxyl groups excluding tert-OH is 1. The highest BCUT2D eigenvalue weighted by Crippen LogP contribution is 2.23. The van der Waals surface area contributed by atoms with Gasteiger partial charge in [-0.05, 0) is 140 Å². The summed E-state index contributed by atoms with van der Waals surface area (Å²) >= 11 is 0. The lowest BCUT2D eigenvalue weighted by atomic mass is 9.96. The number of carbonyl (C=O) groups is 4. The third-order valence-corrected chi connectivity index (χ3v) is 17.4. The molecule has 92 heavy (non-hydrogen) atoms. The lowest BCUT2D eigenvalue weighted by Crippen LogP contribution is -2.37. The molecule has 0 radical (unpaired) electrons. The summed E-state index contributed by atoms with van der Waals surface area (Å²) in [5.41, 5.74) is -0.0837. The molecule has 0 heterocycles. The minimum absolute atomic E-state index is 0.0837. The predicted octanol–water partition coefficient (Wildman–Crippen LogP) is 18.2. The van der Waals surface area contributed by atoms with Gasteiger partial charge in [0.25, 0.3) is 5.69 Å². The molecule has 18 heteroatoms. The molecular formula is C74H141N5O13. The van der Waals surface area contributed by atoms with Crippen LogP contribution < -0.4 is 4.74 Å². The highest BCUT2D eigenvalue weighted by atomic mass is 16.7. The van der Waals surface area contributed by atoms with Gasteiger partial charge in [-0.25, -0.2) is 9.59 Å². The number of hydrogen-bond donors (Lipinski definition) is 1. The molecule has 0 saturated heterocycles. The van der Waals surface area contributed by atoms with Crippen molar-refractivity contribution in [3.8, 4) is 5.75 Å². The van der Waals surface area contributed by atoms with Crippen LogP contribution in [0.5, 0.6) is 5.75 Å². The number of likely N-dealkylation sites (N-methyl/N-ethyl adjacent to an activating group) is 4. The fourth-order valence-electron chi connectivity index (χ4n) is 10.9. The van der Waals surface area contributed by atoms with E-state index in [1.54, 1.807) is 0 Å². The van der Waals surface area contributed by atoms with Crippen molar-refractivity contribution < 1.29 is 57.6 Å². The van der Waals surface area contributed by atoms with Gasteiger partial charge in [-0.2, -0.15) is 0 Å². The van der Waals surface area contributed by atoms with Crippen LogP contribution in [0, 0.1) is 22.0 Å². The number of nitro benzene ring substituents is 1. The Morgan fingerprint density at radius 1 is 0.413 bits per heavy atom. The second-order valence-electron chi connectivity index (χ2n) is 24.9. The Balaban J connectivity index is 0. The van der Waals surface area contributed by atoms with Crippen molar-refractivity contribution in [2.45, 2.75) is 301 Å². The molecule has 4 atom stereocenters. The molecule has 0 amide bonds. The molecule has 1 rings (SSSR count). The summed E-state index contributed by atoms with van der Waals surface area (Å²) in [4.78, 5) is 69.4. The van der Waals surface area contributed by atoms with E-state index >= 15 is 0 Å². The number of ether oxygens (including phenoxy) is 6. The van der Waals surface area contributed by atoms with Gasteiger partial charge in [-0.3, -0.25) is 24.6 Å². The first-order valence-electron chi connectivity index (χ1n) is 37.4. The molecule has 0 aliphatic heterocycles. The summed E-state index contributed by atoms with van der Waals surface area (Å²) in [6, 6.07) is 5.27. The molecule has 0 aromatic heterocycles. The van der Waals surface area contributed by atoms with E-state index in [-0.39, 0.29) is 42.2 Å². The van der Waals surface area contributed by atoms with Gasteiger partial charge in [0.15, 0.2) is 0 Å². The van der Waals surface area contributed by atoms with Gasteiger partial charge in [-0.1, -0.05) is 199 Å². The van der Waals surface area contributed by atoms with Crippen molar-refractivity contribution in [3.63, 3.8) is 0 Å². The molecule has 0 aliphatic rings. The van der Waals surface area contributed by atoms with E-state index < -0.39 is 17.2 Å². The fraction of sp³-hybridized carbons (Fsp3) is 0.865. The first kappa shape index (κ1) is 90.0. The van der Waals surface area contributed by atoms with Crippen LogP contribution in [0.15, 0.2) is 24.3 Å². The lowest BCUT2D eigenvalue weighted by Gasteiger charge is -2.25. The molecule has 1 N–H and O–H groups in total. The average molecular weight is 1310 g/mol. The van der Waals surface area contributed by atoms with E-state index in [1.165, 1.54) is 101 Å². The molecule has 0 saturated carbocycles. The third-order valence-electron chi connectivity index (χ3n) is 17.4. The maximum absolute atomic E-state index is 12.5. The fourth-order valence-corrected chi connectivity index (χ4v) is 10.9. The van der Waals surface area contributed by atoms with E-state index in [2.05, 4.69) is 103 Å². The van der Waals surface area contributed by atoms with Crippen molar-refractivity contribution in [1.82, 2.24) is 19.6 Å². The van der Waals surface area contributed by atoms with Crippen molar-refractivity contribution in [2.75, 3.05) is 105 Å². The number of unbranched alkanes of at least 4 members (excludes halogenated alkanes) is 14. The van der Waals surface area contributed by atoms with Crippen LogP contribution in [0.1, 0.15) is 289 Å². The second kappa shape index (κ2) is 65.6. The maximum Gasteiger partial charge on any atom is 0.514 e. The van der Waals surface area contributed by atoms with Crippen LogP contribution in [0.4, 0.5) is 15.3 Å². The Bertz CT molecular complexity index is 1840. The van der Waals surface area contributed by atoms with Gasteiger partial charge in [0.2, 0.25) is 0 Å². The Morgan fingerprint density at radius 3 is 1.13 bits per heavy atom. The summed E-state index contributed by atoms with van der Waals surface area (Å²) in [6.07, 6.45) is 30.4. The molecule has 1 aromatic rings. The number of hydrogen-bond acceptors (Lipinski definition) is 17. The van der Waals surface area contributed by atoms with Gasteiger partial charge in [0, 0.05) is 64.2 Å². The highest BCUT2D eigenvalue weighted by molar-refractivity contribution is 5.69. The molecule has 18 nitrogen and oxygen atoms in total. The smallest absolute Gasteiger partial charge is 0.465 e. The molecule has 540 valence electrons. The Hall–Kier alpha value is -4.10. The minimum Gasteiger partial charge on any atom is -0.465 e. The molecule has 0 aliphatic carbocycles. The summed E-state index contributed by atoms with van der Waals surface area (Å²) in [5.74, 6) is 0.761. The van der Waals surface area contributed by atoms with Crippen LogP contribution in [0.2, 0.25) is 0 Å². The zero-order valence-electron chi connectivity index (χ0n) is 61.1. The third kappa shape index (κ3) is 54.2. The zero-order chi connectivity index (χ0) is 68.7. The number of non-ortho nitro benzene ring substituents is 1. The molecule has 0 bridgehead atoms. The van der Waals surface area contributed by atoms with Gasteiger partial charge in [0.05, 0.1) is 24.7 Å². The van der Waals surface area contributed by atoms with Crippen LogP contribution in [-0.4, -0.2) is 171 Å². The topological polar surface area (TPSA) is 200 Å². The monoisotopic (exact) mass is 1310 g/mol. The minimum atomic E-state index is -0.844. The Morgan fingerprint density at radius 2 is 0.761 bits per heavy atom. The zero-order valence-corrected chi connectivity index (χ0v) is 61.1. The first-order chi connectivity index (χ1) is 44.6. The number of aliphatic hydroxyl groups is 1. The number of nitro groups is 1. The van der Waals surface area contributed by atoms with Gasteiger partial charge in [-0.15, -0.1) is 0 Å². The number of nitrogens with zero attached hydrogens (tertiary/aromatic N) is 5. The van der Waals surface area contributed by atoms with Crippen LogP contribution in [0.25, 0.3) is 0 Å². The molecule has 0 spiro atoms. The van der Waals surface area contributed by atoms with Crippen LogP contribution in [-0.2, 0) is 33.3 Å². The van der Waals surface area contributed by atoms with Crippen molar-refractivity contribution in [1.29, 1.82) is 0 Å². The van der Waals surface area contributed by atoms with Crippen molar-refractivity contribution in [2.24, 2.45) is 11.8 Å². The largest absolute Gasteiger partial charge is 0.514 e. The Labute approximate surface area is 562 Å². The number of carbonyl (C=O) groups excluding carboxylic acids is 4. The number of rotatable bonds is 59.